The molecule has 0 saturated carbocycles. The lowest BCUT2D eigenvalue weighted by atomic mass is 9.82. The average molecular weight is 1270 g/mol. The van der Waals surface area contributed by atoms with E-state index in [-0.39, 0.29) is 93.8 Å². The fourth-order valence-electron chi connectivity index (χ4n) is 12.3. The smallest absolute Gasteiger partial charge is 0.226 e. The Morgan fingerprint density at radius 3 is 1.69 bits per heavy atom. The highest BCUT2D eigenvalue weighted by molar-refractivity contribution is 5.99. The fraction of sp³-hybridized carbons (Fsp3) is 0.708. The minimum absolute atomic E-state index is 0.0107. The minimum Gasteiger partial charge on any atom is -0.392 e. The lowest BCUT2D eigenvalue weighted by molar-refractivity contribution is -0.148. The maximum absolute atomic E-state index is 15.0. The number of allylic oxidation sites excluding steroid dienone is 2. The zero-order chi connectivity index (χ0) is 69.3. The predicted octanol–water partition coefficient (Wildman–Crippen LogP) is 8.95. The van der Waals surface area contributed by atoms with Gasteiger partial charge in [-0.1, -0.05) is 145 Å². The maximum Gasteiger partial charge on any atom is 0.226 e. The van der Waals surface area contributed by atoms with Crippen LogP contribution in [0.3, 0.4) is 0 Å². The van der Waals surface area contributed by atoms with Gasteiger partial charge in [0, 0.05) is 77.4 Å². The van der Waals surface area contributed by atoms with Crippen molar-refractivity contribution in [3.63, 3.8) is 0 Å². The van der Waals surface area contributed by atoms with Crippen LogP contribution in [0, 0.1) is 59.2 Å². The summed E-state index contributed by atoms with van der Waals surface area (Å²) in [5.41, 5.74) is 0.913. The van der Waals surface area contributed by atoms with Gasteiger partial charge in [0.2, 0.25) is 29.5 Å². The lowest BCUT2D eigenvalue weighted by Gasteiger charge is -2.36. The highest BCUT2D eigenvalue weighted by atomic mass is 16.5. The number of benzene rings is 1. The van der Waals surface area contributed by atoms with Gasteiger partial charge in [0.25, 0.3) is 0 Å². The largest absolute Gasteiger partial charge is 0.392 e. The Kier molecular flexibility index (Phi) is 35.2. The van der Waals surface area contributed by atoms with E-state index in [9.17, 15) is 57.8 Å². The quantitative estimate of drug-likeness (QED) is 0.116. The second-order valence-corrected chi connectivity index (χ2v) is 27.9. The van der Waals surface area contributed by atoms with Gasteiger partial charge in [-0.15, -0.1) is 0 Å². The van der Waals surface area contributed by atoms with Crippen molar-refractivity contribution < 1.29 is 62.6 Å². The summed E-state index contributed by atoms with van der Waals surface area (Å²) in [6, 6.07) is 3.17. The Hall–Kier alpha value is -6.05. The molecule has 0 aromatic heterocycles. The molecule has 2 rings (SSSR count). The summed E-state index contributed by atoms with van der Waals surface area (Å²) in [5, 5.41) is 17.6. The van der Waals surface area contributed by atoms with Crippen LogP contribution in [0.2, 0.25) is 0 Å². The van der Waals surface area contributed by atoms with Crippen LogP contribution in [0.5, 0.6) is 0 Å². The molecule has 19 heteroatoms. The number of ether oxygens (including phenoxy) is 1. The molecule has 1 heterocycles. The van der Waals surface area contributed by atoms with Crippen LogP contribution in [0.1, 0.15) is 187 Å². The first-order valence-electron chi connectivity index (χ1n) is 33.4. The Bertz CT molecular complexity index is 2630. The monoisotopic (exact) mass is 1270 g/mol. The van der Waals surface area contributed by atoms with Crippen LogP contribution in [0.15, 0.2) is 48.6 Å². The Morgan fingerprint density at radius 1 is 0.582 bits per heavy atom. The first kappa shape index (κ1) is 81.0. The number of carbonyl (C=O) groups is 11. The second kappa shape index (κ2) is 39.5. The molecule has 3 N–H and O–H groups in total. The summed E-state index contributed by atoms with van der Waals surface area (Å²) in [6.45, 7) is 28.5. The molecular formula is C72H116N6O13. The molecule has 19 nitrogen and oxygen atoms in total. The van der Waals surface area contributed by atoms with Crippen molar-refractivity contribution in [3.05, 3.63) is 54.1 Å². The van der Waals surface area contributed by atoms with Crippen molar-refractivity contribution >= 4 is 70.3 Å². The number of rotatable bonds is 18. The van der Waals surface area contributed by atoms with E-state index in [1.165, 1.54) is 42.8 Å². The number of aliphatic hydroxyl groups is 1. The summed E-state index contributed by atoms with van der Waals surface area (Å²) in [5.74, 6) is -11.2. The molecule has 1 aromatic rings. The third-order valence-corrected chi connectivity index (χ3v) is 17.8. The predicted molar refractivity (Wildman–Crippen MR) is 357 cm³/mol. The van der Waals surface area contributed by atoms with Gasteiger partial charge in [0.15, 0.2) is 34.7 Å². The third kappa shape index (κ3) is 25.8. The molecule has 1 aromatic carbocycles. The minimum atomic E-state index is -1.38. The second-order valence-electron chi connectivity index (χ2n) is 27.9. The molecule has 1 aliphatic rings. The number of hydrogen-bond donors (Lipinski definition) is 3. The van der Waals surface area contributed by atoms with Crippen LogP contribution in [-0.4, -0.2) is 179 Å². The van der Waals surface area contributed by atoms with Gasteiger partial charge in [-0.25, -0.2) is 0 Å². The van der Waals surface area contributed by atoms with E-state index in [0.717, 1.165) is 5.56 Å². The summed E-state index contributed by atoms with van der Waals surface area (Å²) >= 11 is 0. The molecular weight excluding hydrogens is 1160 g/mol. The SMILES string of the molecule is C/C=C/C[C@@H](C)[C@@H](O)[C@@H]1CC(=O)[C@H](C(C)C)N(C)C(=O)[C@H](CC(C)C)CC(=O)[C@H](CC(C)C)N(C)CC(=O)[C@@H](C)NC(=O)[C@H](C)CC(=O)[C@H](CC(C)C)N(C)C(=O)[C@H](C(C)C)CC(=O)[C@H]([C@@H](C)OC/C=C/c2ccccc2)N(C)C(=O)CCC(=O)[C@H](CC)NC1=O. The normalized spacial score (nSPS) is 26.7. The number of hydrogen-bond acceptors (Lipinski definition) is 14. The number of ketones is 6. The van der Waals surface area contributed by atoms with Crippen molar-refractivity contribution in [2.24, 2.45) is 59.2 Å². The molecule has 1 saturated heterocycles. The van der Waals surface area contributed by atoms with E-state index < -0.39 is 149 Å². The lowest BCUT2D eigenvalue weighted by Crippen LogP contribution is -2.53. The molecule has 0 aliphatic carbocycles. The Labute approximate surface area is 545 Å². The first-order valence-corrected chi connectivity index (χ1v) is 33.4. The van der Waals surface area contributed by atoms with Gasteiger partial charge in [-0.05, 0) is 101 Å². The van der Waals surface area contributed by atoms with E-state index in [1.807, 2.05) is 91.0 Å². The van der Waals surface area contributed by atoms with Crippen molar-refractivity contribution in [3.8, 4) is 0 Å². The number of aliphatic hydroxyl groups excluding tert-OH is 1. The van der Waals surface area contributed by atoms with Crippen LogP contribution in [0.25, 0.3) is 6.08 Å². The highest BCUT2D eigenvalue weighted by Crippen LogP contribution is 2.30. The zero-order valence-corrected chi connectivity index (χ0v) is 58.9. The highest BCUT2D eigenvalue weighted by Gasteiger charge is 2.43. The van der Waals surface area contributed by atoms with Crippen molar-refractivity contribution in [1.29, 1.82) is 0 Å². The summed E-state index contributed by atoms with van der Waals surface area (Å²) in [4.78, 5) is 166. The van der Waals surface area contributed by atoms with E-state index >= 15 is 0 Å². The molecule has 91 heavy (non-hydrogen) atoms. The zero-order valence-electron chi connectivity index (χ0n) is 58.9. The standard InChI is InChI=1S/C72H116N6O13/c1-21-23-28-48(13)68(86)55-41-62(82)66(47(11)12)78(20)71(89)53(35-43(3)4)39-61(81)57(36-44(5)6)75(17)42-64(84)50(15)73-69(87)49(14)38-60(80)58(37-45(7)8)76(18)72(90)54(46(9)10)40-63(83)67(51(16)91-34-27-31-52-29-25-24-26-30-52)77(19)65(85)33-32-59(79)56(22-2)74-70(55)88/h21,23-27,29-31,43-51,53-58,66-68,86H,22,28,32-42H2,1-20H3,(H,73,87)(H,74,88)/b23-21+,31-27+/t48-,49-,50-,51-,53-,54+,55+,56+,57+,58+,66+,67+,68-/m1/s1. The van der Waals surface area contributed by atoms with Crippen molar-refractivity contribution in [2.45, 2.75) is 230 Å². The van der Waals surface area contributed by atoms with Gasteiger partial charge in [-0.2, -0.15) is 0 Å². The number of nitrogens with zero attached hydrogens (tertiary/aromatic N) is 4. The number of likely N-dealkylation sites (N-methyl/N-ethyl adjacent to an activating group) is 4. The third-order valence-electron chi connectivity index (χ3n) is 17.8. The van der Waals surface area contributed by atoms with Gasteiger partial charge in [-0.3, -0.25) is 57.6 Å². The Balaban J connectivity index is 2.88. The summed E-state index contributed by atoms with van der Waals surface area (Å²) in [7, 11) is 6.11. The molecule has 0 bridgehead atoms. The summed E-state index contributed by atoms with van der Waals surface area (Å²) < 4.78 is 6.24. The molecule has 0 spiro atoms. The molecule has 5 amide bonds. The molecule has 0 radical (unpaired) electrons. The van der Waals surface area contributed by atoms with E-state index in [0.29, 0.717) is 12.8 Å². The molecule has 0 unspecified atom stereocenters. The van der Waals surface area contributed by atoms with Gasteiger partial charge >= 0.3 is 0 Å². The summed E-state index contributed by atoms with van der Waals surface area (Å²) in [6.07, 6.45) is 4.22. The van der Waals surface area contributed by atoms with Crippen LogP contribution in [-0.2, 0) is 57.5 Å². The molecule has 13 atom stereocenters. The van der Waals surface area contributed by atoms with Crippen LogP contribution >= 0.6 is 0 Å². The fourth-order valence-corrected chi connectivity index (χ4v) is 12.3. The maximum atomic E-state index is 15.0. The van der Waals surface area contributed by atoms with Crippen LogP contribution in [0.4, 0.5) is 0 Å². The van der Waals surface area contributed by atoms with Crippen molar-refractivity contribution in [2.75, 3.05) is 41.3 Å². The number of Topliss-reactive ketones (excluding diaryl/α,β-unsaturated/α-hetero) is 6. The number of amides is 5. The number of carbonyl (C=O) groups excluding carboxylic acids is 11. The average Bonchev–Trinajstić information content (AvgIpc) is 1.02. The van der Waals surface area contributed by atoms with Crippen molar-refractivity contribution in [1.82, 2.24) is 30.2 Å². The molecule has 512 valence electrons. The Morgan fingerprint density at radius 2 is 1.14 bits per heavy atom. The van der Waals surface area contributed by atoms with E-state index in [1.54, 1.807) is 79.5 Å². The molecule has 1 fully saturated rings. The van der Waals surface area contributed by atoms with Gasteiger partial charge in [0.1, 0.15) is 6.04 Å². The number of nitrogens with one attached hydrogen (secondary N) is 2. The van der Waals surface area contributed by atoms with Gasteiger partial charge in [0.05, 0.1) is 61.5 Å². The van der Waals surface area contributed by atoms with E-state index in [4.69, 9.17) is 4.74 Å². The molecule has 1 aliphatic heterocycles. The van der Waals surface area contributed by atoms with Gasteiger partial charge < -0.3 is 35.2 Å². The van der Waals surface area contributed by atoms with E-state index in [2.05, 4.69) is 10.6 Å². The van der Waals surface area contributed by atoms with Crippen LogP contribution < -0.4 is 10.6 Å². The first-order chi connectivity index (χ1) is 42.5. The topological polar surface area (TPSA) is 254 Å².